The molecule has 304 valence electrons. The first-order valence-corrected chi connectivity index (χ1v) is 20.6. The number of carbonyl (C=O) groups excluding carboxylic acids is 3. The molecule has 54 heavy (non-hydrogen) atoms. The van der Waals surface area contributed by atoms with E-state index in [1.54, 1.807) is 13.3 Å². The van der Waals surface area contributed by atoms with Crippen molar-refractivity contribution in [1.29, 1.82) is 0 Å². The van der Waals surface area contributed by atoms with E-state index in [1.807, 2.05) is 108 Å². The lowest BCUT2D eigenvalue weighted by Crippen LogP contribution is -2.60. The van der Waals surface area contributed by atoms with Gasteiger partial charge < -0.3 is 35.3 Å². The molecule has 1 fully saturated rings. The van der Waals surface area contributed by atoms with Crippen LogP contribution in [0.5, 0.6) is 0 Å². The minimum absolute atomic E-state index is 0.0641. The summed E-state index contributed by atoms with van der Waals surface area (Å²) in [5, 5.41) is 35.2. The smallest absolute Gasteiger partial charge is 0.237 e. The molecule has 0 saturated carbocycles. The molecule has 1 aromatic heterocycles. The highest BCUT2D eigenvalue weighted by atomic mass is 32.1. The van der Waals surface area contributed by atoms with E-state index >= 15 is 0 Å². The molecule has 1 aliphatic rings. The summed E-state index contributed by atoms with van der Waals surface area (Å²) in [5.74, 6) is -1.74. The number of aldehydes is 1. The number of likely N-dealkylation sites (N-methyl/N-ethyl adjacent to an activating group) is 1. The molecule has 0 bridgehead atoms. The molecule has 2 unspecified atom stereocenters. The Kier molecular flexibility index (Phi) is 18.7. The number of carbonyl (C=O) groups is 3. The van der Waals surface area contributed by atoms with Crippen LogP contribution >= 0.6 is 11.3 Å². The number of aromatic nitrogens is 1. The molecule has 5 N–H and O–H groups in total. The lowest BCUT2D eigenvalue weighted by molar-refractivity contribution is -0.134. The number of aliphatic hydroxyl groups excluding tert-OH is 2. The van der Waals surface area contributed by atoms with Crippen LogP contribution in [-0.4, -0.2) is 114 Å². The van der Waals surface area contributed by atoms with Crippen molar-refractivity contribution in [1.82, 2.24) is 30.7 Å². The Morgan fingerprint density at radius 3 is 2.28 bits per heavy atom. The summed E-state index contributed by atoms with van der Waals surface area (Å²) in [6.07, 6.45) is 3.05. The highest BCUT2D eigenvalue weighted by Crippen LogP contribution is 2.31. The van der Waals surface area contributed by atoms with Gasteiger partial charge in [-0.05, 0) is 63.1 Å². The van der Waals surface area contributed by atoms with Crippen LogP contribution in [0.3, 0.4) is 0 Å². The van der Waals surface area contributed by atoms with Crippen molar-refractivity contribution in [3.63, 3.8) is 0 Å². The van der Waals surface area contributed by atoms with Gasteiger partial charge in [-0.1, -0.05) is 85.2 Å². The van der Waals surface area contributed by atoms with E-state index in [0.29, 0.717) is 19.4 Å². The first-order chi connectivity index (χ1) is 25.6. The van der Waals surface area contributed by atoms with Gasteiger partial charge >= 0.3 is 0 Å². The molecule has 2 aromatic rings. The van der Waals surface area contributed by atoms with Gasteiger partial charge in [-0.25, -0.2) is 4.98 Å². The molecule has 2 amide bonds. The van der Waals surface area contributed by atoms with Crippen LogP contribution in [-0.2, 0) is 25.5 Å². The standard InChI is InChI=1S/C41H68N6O6S/c1-11-27(6)35(45-39(51)34(25(2)3)44-40(52)36(26(4)5)46(8)9)30(24-48)23-33(49)47-20-15-18-32(47)37(53-10)28(7)38(50)43-31(41-42-19-21-54-41)22-29-16-13-12-14-17-29/h12-14,16-17,19,21,24-28,30-37,40,44,49,52H,11,15,18,20,22-23H2,1-10H3,(H,43,50)(H,45,51)/t27-,28-,30-,31-,32-,33?,34-,35-,36-,37+,40?/m0/s1. The average Bonchev–Trinajstić information content (AvgIpc) is 3.85. The van der Waals surface area contributed by atoms with Crippen molar-refractivity contribution in [2.24, 2.45) is 29.6 Å². The topological polar surface area (TPSA) is 156 Å². The Morgan fingerprint density at radius 2 is 1.74 bits per heavy atom. The summed E-state index contributed by atoms with van der Waals surface area (Å²) in [7, 11) is 5.40. The molecule has 11 atom stereocenters. The maximum Gasteiger partial charge on any atom is 0.237 e. The van der Waals surface area contributed by atoms with Gasteiger partial charge in [0.15, 0.2) is 0 Å². The Balaban J connectivity index is 1.75. The van der Waals surface area contributed by atoms with Crippen molar-refractivity contribution >= 4 is 29.4 Å². The van der Waals surface area contributed by atoms with E-state index in [-0.39, 0.29) is 54.1 Å². The lowest BCUT2D eigenvalue weighted by atomic mass is 9.85. The minimum Gasteiger partial charge on any atom is -0.379 e. The summed E-state index contributed by atoms with van der Waals surface area (Å²) in [4.78, 5) is 49.0. The number of aliphatic hydroxyl groups is 2. The predicted molar refractivity (Wildman–Crippen MR) is 214 cm³/mol. The third kappa shape index (κ3) is 12.4. The maximum absolute atomic E-state index is 13.9. The van der Waals surface area contributed by atoms with E-state index in [4.69, 9.17) is 4.74 Å². The third-order valence-corrected chi connectivity index (χ3v) is 12.1. The van der Waals surface area contributed by atoms with Gasteiger partial charge in [0, 0.05) is 43.2 Å². The number of likely N-dealkylation sites (tertiary alicyclic amines) is 1. The molecule has 3 rings (SSSR count). The van der Waals surface area contributed by atoms with E-state index in [9.17, 15) is 24.6 Å². The molecule has 0 spiro atoms. The number of benzene rings is 1. The summed E-state index contributed by atoms with van der Waals surface area (Å²) in [6.45, 7) is 14.4. The van der Waals surface area contributed by atoms with Crippen molar-refractivity contribution in [3.05, 3.63) is 52.5 Å². The minimum atomic E-state index is -1.00. The van der Waals surface area contributed by atoms with Crippen LogP contribution < -0.4 is 16.0 Å². The second-order valence-electron chi connectivity index (χ2n) is 16.0. The van der Waals surface area contributed by atoms with Gasteiger partial charge in [0.2, 0.25) is 11.8 Å². The molecule has 1 aromatic carbocycles. The Morgan fingerprint density at radius 1 is 1.06 bits per heavy atom. The highest BCUT2D eigenvalue weighted by molar-refractivity contribution is 7.09. The normalized spacial score (nSPS) is 20.8. The van der Waals surface area contributed by atoms with Crippen molar-refractivity contribution in [3.8, 4) is 0 Å². The van der Waals surface area contributed by atoms with E-state index in [1.165, 1.54) is 11.3 Å². The molecule has 12 nitrogen and oxygen atoms in total. The number of methoxy groups -OCH3 is 1. The zero-order valence-corrected chi connectivity index (χ0v) is 35.0. The summed E-state index contributed by atoms with van der Waals surface area (Å²) in [5.41, 5.74) is 1.09. The zero-order chi connectivity index (χ0) is 40.1. The van der Waals surface area contributed by atoms with Crippen molar-refractivity contribution < 1.29 is 29.3 Å². The first kappa shape index (κ1) is 45.6. The summed E-state index contributed by atoms with van der Waals surface area (Å²) in [6, 6.07) is 7.98. The number of nitrogens with one attached hydrogen (secondary N) is 3. The molecular formula is C41H68N6O6S. The van der Waals surface area contributed by atoms with Crippen LogP contribution in [0.1, 0.15) is 90.8 Å². The molecular weight excluding hydrogens is 705 g/mol. The van der Waals surface area contributed by atoms with Gasteiger partial charge in [0.05, 0.1) is 30.1 Å². The molecule has 1 aliphatic heterocycles. The number of nitrogens with zero attached hydrogens (tertiary/aromatic N) is 3. The number of hydrogen-bond donors (Lipinski definition) is 5. The van der Waals surface area contributed by atoms with Crippen molar-refractivity contribution in [2.45, 2.75) is 129 Å². The van der Waals surface area contributed by atoms with Gasteiger partial charge in [0.25, 0.3) is 0 Å². The lowest BCUT2D eigenvalue weighted by Gasteiger charge is -2.39. The number of rotatable bonds is 23. The monoisotopic (exact) mass is 772 g/mol. The van der Waals surface area contributed by atoms with E-state index in [0.717, 1.165) is 29.7 Å². The number of hydrogen-bond acceptors (Lipinski definition) is 11. The Bertz CT molecular complexity index is 1390. The van der Waals surface area contributed by atoms with E-state index < -0.39 is 42.5 Å². The van der Waals surface area contributed by atoms with E-state index in [2.05, 4.69) is 20.9 Å². The van der Waals surface area contributed by atoms with Gasteiger partial charge in [-0.3, -0.25) is 19.8 Å². The molecule has 13 heteroatoms. The van der Waals surface area contributed by atoms with Crippen LogP contribution in [0.15, 0.2) is 41.9 Å². The first-order valence-electron chi connectivity index (χ1n) is 19.7. The fraction of sp³-hybridized carbons (Fsp3) is 0.707. The fourth-order valence-corrected chi connectivity index (χ4v) is 8.77. The molecule has 0 aliphatic carbocycles. The number of amides is 2. The van der Waals surface area contributed by atoms with Crippen molar-refractivity contribution in [2.75, 3.05) is 27.7 Å². The Hall–Kier alpha value is -2.78. The van der Waals surface area contributed by atoms with Crippen LogP contribution in [0.4, 0.5) is 0 Å². The summed E-state index contributed by atoms with van der Waals surface area (Å²) >= 11 is 1.50. The van der Waals surface area contributed by atoms with Crippen LogP contribution in [0.2, 0.25) is 0 Å². The largest absolute Gasteiger partial charge is 0.379 e. The molecule has 2 heterocycles. The Labute approximate surface area is 327 Å². The maximum atomic E-state index is 13.9. The van der Waals surface area contributed by atoms with Crippen LogP contribution in [0, 0.1) is 29.6 Å². The summed E-state index contributed by atoms with van der Waals surface area (Å²) < 4.78 is 6.02. The SMILES string of the molecule is CC[C@H](C)[C@H](NC(=O)[C@@H](NC(O)[C@H](C(C)C)N(C)C)C(C)C)[C@H](C=O)CC(O)N1CCC[C@H]1[C@H](OC)[C@H](C)C(=O)N[C@@H](Cc1ccccc1)c1nccs1. The average molecular weight is 773 g/mol. The third-order valence-electron chi connectivity index (χ3n) is 11.2. The number of thiazole rings is 1. The second kappa shape index (κ2) is 22.1. The van der Waals surface area contributed by atoms with Gasteiger partial charge in [0.1, 0.15) is 23.7 Å². The zero-order valence-electron chi connectivity index (χ0n) is 34.1. The number of ether oxygens (including phenoxy) is 1. The molecule has 0 radical (unpaired) electrons. The van der Waals surface area contributed by atoms with Gasteiger partial charge in [-0.15, -0.1) is 11.3 Å². The van der Waals surface area contributed by atoms with Gasteiger partial charge in [-0.2, -0.15) is 0 Å². The highest BCUT2D eigenvalue weighted by Gasteiger charge is 2.42. The van der Waals surface area contributed by atoms with Crippen LogP contribution in [0.25, 0.3) is 0 Å². The fourth-order valence-electron chi connectivity index (χ4n) is 8.08. The quantitative estimate of drug-likeness (QED) is 0.0819. The molecule has 1 saturated heterocycles. The second-order valence-corrected chi connectivity index (χ2v) is 17.0. The predicted octanol–water partition coefficient (Wildman–Crippen LogP) is 4.23.